The lowest BCUT2D eigenvalue weighted by Gasteiger charge is -2.25. The minimum atomic E-state index is -0.464. The van der Waals surface area contributed by atoms with Crippen molar-refractivity contribution in [2.45, 2.75) is 19.4 Å². The van der Waals surface area contributed by atoms with E-state index in [2.05, 4.69) is 6.92 Å². The van der Waals surface area contributed by atoms with Crippen molar-refractivity contribution in [2.75, 3.05) is 20.3 Å². The molecule has 4 rings (SSSR count). The number of para-hydroxylation sites is 1. The molecule has 1 aliphatic rings. The molecular formula is C22H21NO4. The molecule has 2 heterocycles. The van der Waals surface area contributed by atoms with Crippen LogP contribution < -0.4 is 5.43 Å². The molecule has 0 radical (unpaired) electrons. The van der Waals surface area contributed by atoms with Crippen molar-refractivity contribution >= 4 is 16.9 Å². The topological polar surface area (TPSA) is 59.8 Å². The summed E-state index contributed by atoms with van der Waals surface area (Å²) in [5, 5.41) is 0.493. The van der Waals surface area contributed by atoms with Crippen molar-refractivity contribution in [1.82, 2.24) is 4.90 Å². The number of methoxy groups -OCH3 is 1. The number of aryl methyl sites for hydroxylation is 1. The van der Waals surface area contributed by atoms with E-state index < -0.39 is 6.04 Å². The van der Waals surface area contributed by atoms with Gasteiger partial charge in [0.15, 0.2) is 5.43 Å². The molecule has 0 N–H and O–H groups in total. The van der Waals surface area contributed by atoms with Crippen molar-refractivity contribution in [2.24, 2.45) is 0 Å². The Morgan fingerprint density at radius 1 is 1.07 bits per heavy atom. The summed E-state index contributed by atoms with van der Waals surface area (Å²) in [5.41, 5.74) is 2.81. The van der Waals surface area contributed by atoms with E-state index in [1.165, 1.54) is 5.56 Å². The fraction of sp³-hybridized carbons (Fsp3) is 0.273. The normalized spacial score (nSPS) is 16.1. The SMILES string of the molecule is CCc1ccc([C@@H]2c3c(oc4ccccc4c3=O)C(=O)N2CCOC)cc1. The predicted octanol–water partition coefficient (Wildman–Crippen LogP) is 3.55. The number of hydrogen-bond acceptors (Lipinski definition) is 4. The summed E-state index contributed by atoms with van der Waals surface area (Å²) in [6.45, 7) is 2.86. The molecule has 138 valence electrons. The molecule has 0 saturated heterocycles. The third kappa shape index (κ3) is 2.84. The highest BCUT2D eigenvalue weighted by Gasteiger charge is 2.42. The molecule has 5 nitrogen and oxygen atoms in total. The summed E-state index contributed by atoms with van der Waals surface area (Å²) in [7, 11) is 1.59. The van der Waals surface area contributed by atoms with Crippen molar-refractivity contribution < 1.29 is 13.9 Å². The van der Waals surface area contributed by atoms with Crippen LogP contribution in [0.5, 0.6) is 0 Å². The van der Waals surface area contributed by atoms with Crippen LogP contribution in [0.1, 0.15) is 40.2 Å². The molecule has 0 unspecified atom stereocenters. The molecule has 0 aliphatic carbocycles. The van der Waals surface area contributed by atoms with Gasteiger partial charge in [0.05, 0.1) is 23.6 Å². The molecule has 0 fully saturated rings. The molecule has 27 heavy (non-hydrogen) atoms. The smallest absolute Gasteiger partial charge is 0.290 e. The number of ether oxygens (including phenoxy) is 1. The zero-order valence-corrected chi connectivity index (χ0v) is 15.4. The predicted molar refractivity (Wildman–Crippen MR) is 103 cm³/mol. The van der Waals surface area contributed by atoms with Gasteiger partial charge in [-0.1, -0.05) is 43.3 Å². The van der Waals surface area contributed by atoms with Gasteiger partial charge in [-0.25, -0.2) is 0 Å². The van der Waals surface area contributed by atoms with E-state index in [0.717, 1.165) is 12.0 Å². The van der Waals surface area contributed by atoms with Crippen LogP contribution in [0.3, 0.4) is 0 Å². The van der Waals surface area contributed by atoms with E-state index in [1.54, 1.807) is 36.3 Å². The highest BCUT2D eigenvalue weighted by Crippen LogP contribution is 2.37. The average molecular weight is 363 g/mol. The van der Waals surface area contributed by atoms with Gasteiger partial charge in [0.2, 0.25) is 5.76 Å². The van der Waals surface area contributed by atoms with E-state index >= 15 is 0 Å². The molecule has 5 heteroatoms. The first kappa shape index (κ1) is 17.5. The van der Waals surface area contributed by atoms with Crippen LogP contribution in [-0.4, -0.2) is 31.1 Å². The maximum absolute atomic E-state index is 13.2. The lowest BCUT2D eigenvalue weighted by Crippen LogP contribution is -2.32. The Labute approximate surface area is 157 Å². The Balaban J connectivity index is 1.93. The van der Waals surface area contributed by atoms with Gasteiger partial charge in [0.1, 0.15) is 5.58 Å². The van der Waals surface area contributed by atoms with Crippen LogP contribution in [0.2, 0.25) is 0 Å². The van der Waals surface area contributed by atoms with Crippen LogP contribution in [-0.2, 0) is 11.2 Å². The maximum Gasteiger partial charge on any atom is 0.290 e. The first-order chi connectivity index (χ1) is 13.2. The summed E-state index contributed by atoms with van der Waals surface area (Å²) < 4.78 is 11.0. The number of rotatable bonds is 5. The van der Waals surface area contributed by atoms with E-state index in [0.29, 0.717) is 29.7 Å². The first-order valence-corrected chi connectivity index (χ1v) is 9.10. The van der Waals surface area contributed by atoms with Crippen LogP contribution in [0.4, 0.5) is 0 Å². The Bertz CT molecular complexity index is 1050. The summed E-state index contributed by atoms with van der Waals surface area (Å²) in [6.07, 6.45) is 0.931. The van der Waals surface area contributed by atoms with E-state index in [9.17, 15) is 9.59 Å². The van der Waals surface area contributed by atoms with E-state index in [1.807, 2.05) is 24.3 Å². The van der Waals surface area contributed by atoms with Gasteiger partial charge in [-0.15, -0.1) is 0 Å². The van der Waals surface area contributed by atoms with Crippen molar-refractivity contribution in [3.63, 3.8) is 0 Å². The highest BCUT2D eigenvalue weighted by molar-refractivity contribution is 5.99. The first-order valence-electron chi connectivity index (χ1n) is 9.10. The molecule has 0 spiro atoms. The van der Waals surface area contributed by atoms with Gasteiger partial charge in [-0.2, -0.15) is 0 Å². The Morgan fingerprint density at radius 3 is 2.52 bits per heavy atom. The number of benzene rings is 2. The van der Waals surface area contributed by atoms with Crippen LogP contribution in [0.15, 0.2) is 57.7 Å². The Hall–Kier alpha value is -2.92. The fourth-order valence-electron chi connectivity index (χ4n) is 3.67. The van der Waals surface area contributed by atoms with E-state index in [-0.39, 0.29) is 17.1 Å². The zero-order valence-electron chi connectivity index (χ0n) is 15.4. The van der Waals surface area contributed by atoms with Crippen LogP contribution in [0, 0.1) is 0 Å². The third-order valence-corrected chi connectivity index (χ3v) is 5.11. The molecule has 0 saturated carbocycles. The number of carbonyl (C=O) groups excluding carboxylic acids is 1. The largest absolute Gasteiger partial charge is 0.450 e. The van der Waals surface area contributed by atoms with Crippen molar-refractivity contribution in [3.8, 4) is 0 Å². The molecule has 1 aliphatic heterocycles. The third-order valence-electron chi connectivity index (χ3n) is 5.11. The number of amides is 1. The minimum Gasteiger partial charge on any atom is -0.450 e. The standard InChI is InChI=1S/C22H21NO4/c1-3-14-8-10-15(11-9-14)19-18-20(24)16-6-4-5-7-17(16)27-21(18)22(25)23(19)12-13-26-2/h4-11,19H,3,12-13H2,1-2H3/t19-/m1/s1. The summed E-state index contributed by atoms with van der Waals surface area (Å²) in [4.78, 5) is 27.9. The second kappa shape index (κ2) is 7.00. The van der Waals surface area contributed by atoms with Crippen molar-refractivity contribution in [1.29, 1.82) is 0 Å². The van der Waals surface area contributed by atoms with Crippen LogP contribution >= 0.6 is 0 Å². The van der Waals surface area contributed by atoms with Gasteiger partial charge < -0.3 is 14.1 Å². The number of fused-ring (bicyclic) bond motifs is 2. The molecule has 1 atom stereocenters. The van der Waals surface area contributed by atoms with Crippen LogP contribution in [0.25, 0.3) is 11.0 Å². The number of nitrogens with zero attached hydrogens (tertiary/aromatic N) is 1. The van der Waals surface area contributed by atoms with Gasteiger partial charge in [0, 0.05) is 13.7 Å². The molecule has 2 aromatic carbocycles. The zero-order chi connectivity index (χ0) is 19.0. The molecule has 0 bridgehead atoms. The van der Waals surface area contributed by atoms with Gasteiger partial charge in [-0.3, -0.25) is 9.59 Å². The Kier molecular flexibility index (Phi) is 4.54. The fourth-order valence-corrected chi connectivity index (χ4v) is 3.67. The van der Waals surface area contributed by atoms with Gasteiger partial charge >= 0.3 is 0 Å². The summed E-state index contributed by atoms with van der Waals surface area (Å²) >= 11 is 0. The second-order valence-electron chi connectivity index (χ2n) is 6.66. The lowest BCUT2D eigenvalue weighted by molar-refractivity contribution is 0.0663. The Morgan fingerprint density at radius 2 is 1.81 bits per heavy atom. The van der Waals surface area contributed by atoms with Gasteiger partial charge in [-0.05, 0) is 29.7 Å². The van der Waals surface area contributed by atoms with E-state index in [4.69, 9.17) is 9.15 Å². The molecule has 3 aromatic rings. The monoisotopic (exact) mass is 363 g/mol. The number of carbonyl (C=O) groups is 1. The number of hydrogen-bond donors (Lipinski definition) is 0. The minimum absolute atomic E-state index is 0.138. The quantitative estimate of drug-likeness (QED) is 0.696. The van der Waals surface area contributed by atoms with Crippen molar-refractivity contribution in [3.05, 3.63) is 81.2 Å². The summed E-state index contributed by atoms with van der Waals surface area (Å²) in [5.74, 6) is -0.131. The van der Waals surface area contributed by atoms with Gasteiger partial charge in [0.25, 0.3) is 5.91 Å². The second-order valence-corrected chi connectivity index (χ2v) is 6.66. The summed E-state index contributed by atoms with van der Waals surface area (Å²) in [6, 6.07) is 14.6. The highest BCUT2D eigenvalue weighted by atomic mass is 16.5. The lowest BCUT2D eigenvalue weighted by atomic mass is 9.97. The molecule has 1 amide bonds. The molecule has 1 aromatic heterocycles. The maximum atomic E-state index is 13.2. The molecular weight excluding hydrogens is 342 g/mol. The average Bonchev–Trinajstić information content (AvgIpc) is 2.99.